The second-order valence-corrected chi connectivity index (χ2v) is 5.07. The van der Waals surface area contributed by atoms with Crippen molar-refractivity contribution in [3.05, 3.63) is 64.6 Å². The summed E-state index contributed by atoms with van der Waals surface area (Å²) < 4.78 is 29.1. The standard InChI is InChI=1S/C17H15F2N3O/c1-20-15-4-3-11(8-13(15)18)22-6-5-10-7-16(21-2)14(19)9-12(10)17(22)23/h3-9,20-21H,1-2H3. The molecule has 0 radical (unpaired) electrons. The van der Waals surface area contributed by atoms with Gasteiger partial charge < -0.3 is 10.6 Å². The Labute approximate surface area is 131 Å². The van der Waals surface area contributed by atoms with Crippen molar-refractivity contribution in [2.45, 2.75) is 0 Å². The van der Waals surface area contributed by atoms with E-state index in [1.807, 2.05) is 0 Å². The highest BCUT2D eigenvalue weighted by Gasteiger charge is 2.10. The van der Waals surface area contributed by atoms with Gasteiger partial charge in [-0.2, -0.15) is 0 Å². The van der Waals surface area contributed by atoms with Gasteiger partial charge in [-0.15, -0.1) is 0 Å². The minimum atomic E-state index is -0.508. The lowest BCUT2D eigenvalue weighted by molar-refractivity contribution is 0.629. The Morgan fingerprint density at radius 3 is 2.26 bits per heavy atom. The van der Waals surface area contributed by atoms with Crippen LogP contribution in [0.4, 0.5) is 20.2 Å². The highest BCUT2D eigenvalue weighted by Crippen LogP contribution is 2.22. The van der Waals surface area contributed by atoms with Gasteiger partial charge in [0, 0.05) is 26.4 Å². The molecule has 0 aliphatic heterocycles. The number of rotatable bonds is 3. The van der Waals surface area contributed by atoms with E-state index in [9.17, 15) is 13.6 Å². The number of nitrogens with zero attached hydrogens (tertiary/aromatic N) is 1. The van der Waals surface area contributed by atoms with E-state index in [0.29, 0.717) is 22.4 Å². The summed E-state index contributed by atoms with van der Waals surface area (Å²) in [5, 5.41) is 6.31. The minimum Gasteiger partial charge on any atom is -0.386 e. The summed E-state index contributed by atoms with van der Waals surface area (Å²) in [5.74, 6) is -0.972. The van der Waals surface area contributed by atoms with Crippen molar-refractivity contribution in [1.82, 2.24) is 4.57 Å². The van der Waals surface area contributed by atoms with Crippen molar-refractivity contribution in [1.29, 1.82) is 0 Å². The molecule has 0 spiro atoms. The van der Waals surface area contributed by atoms with Crippen LogP contribution in [-0.4, -0.2) is 18.7 Å². The monoisotopic (exact) mass is 315 g/mol. The van der Waals surface area contributed by atoms with Crippen LogP contribution in [0.15, 0.2) is 47.4 Å². The molecule has 4 nitrogen and oxygen atoms in total. The third kappa shape index (κ3) is 2.52. The summed E-state index contributed by atoms with van der Waals surface area (Å²) in [4.78, 5) is 12.6. The van der Waals surface area contributed by atoms with E-state index in [0.717, 1.165) is 0 Å². The van der Waals surface area contributed by atoms with Crippen LogP contribution in [0, 0.1) is 11.6 Å². The first-order chi connectivity index (χ1) is 11.0. The fourth-order valence-electron chi connectivity index (χ4n) is 2.52. The van der Waals surface area contributed by atoms with E-state index < -0.39 is 17.2 Å². The van der Waals surface area contributed by atoms with Gasteiger partial charge in [0.2, 0.25) is 0 Å². The van der Waals surface area contributed by atoms with E-state index in [-0.39, 0.29) is 5.39 Å². The molecule has 0 aliphatic rings. The summed E-state index contributed by atoms with van der Waals surface area (Å²) in [5.41, 5.74) is 0.638. The van der Waals surface area contributed by atoms with Gasteiger partial charge >= 0.3 is 0 Å². The number of hydrogen-bond donors (Lipinski definition) is 2. The number of hydrogen-bond acceptors (Lipinski definition) is 3. The van der Waals surface area contributed by atoms with Crippen LogP contribution in [0.3, 0.4) is 0 Å². The molecular weight excluding hydrogens is 300 g/mol. The van der Waals surface area contributed by atoms with Gasteiger partial charge in [0.25, 0.3) is 5.56 Å². The predicted molar refractivity (Wildman–Crippen MR) is 88.6 cm³/mol. The molecule has 118 valence electrons. The molecule has 2 N–H and O–H groups in total. The summed E-state index contributed by atoms with van der Waals surface area (Å²) in [6, 6.07) is 8.89. The number of aromatic nitrogens is 1. The lowest BCUT2D eigenvalue weighted by Crippen LogP contribution is -2.18. The molecule has 6 heteroatoms. The predicted octanol–water partition coefficient (Wildman–Crippen LogP) is 3.35. The van der Waals surface area contributed by atoms with Gasteiger partial charge in [0.05, 0.1) is 22.4 Å². The zero-order valence-corrected chi connectivity index (χ0v) is 12.7. The smallest absolute Gasteiger partial charge is 0.263 e. The van der Waals surface area contributed by atoms with Crippen molar-refractivity contribution >= 4 is 22.1 Å². The van der Waals surface area contributed by atoms with Gasteiger partial charge in [-0.25, -0.2) is 8.78 Å². The Morgan fingerprint density at radius 1 is 0.913 bits per heavy atom. The molecular formula is C17H15F2N3O. The molecule has 1 aromatic heterocycles. The Kier molecular flexibility index (Phi) is 3.73. The molecule has 0 amide bonds. The second-order valence-electron chi connectivity index (χ2n) is 5.07. The van der Waals surface area contributed by atoms with Crippen LogP contribution in [0.2, 0.25) is 0 Å². The minimum absolute atomic E-state index is 0.238. The molecule has 3 rings (SSSR count). The molecule has 0 unspecified atom stereocenters. The van der Waals surface area contributed by atoms with Gasteiger partial charge in [-0.3, -0.25) is 9.36 Å². The van der Waals surface area contributed by atoms with Crippen molar-refractivity contribution in [2.75, 3.05) is 24.7 Å². The quantitative estimate of drug-likeness (QED) is 0.779. The summed E-state index contributed by atoms with van der Waals surface area (Å²) >= 11 is 0. The molecule has 23 heavy (non-hydrogen) atoms. The maximum Gasteiger partial charge on any atom is 0.263 e. The SMILES string of the molecule is CNc1ccc(-n2ccc3cc(NC)c(F)cc3c2=O)cc1F. The number of anilines is 2. The summed E-state index contributed by atoms with van der Waals surface area (Å²) in [6.07, 6.45) is 1.55. The zero-order valence-electron chi connectivity index (χ0n) is 12.7. The van der Waals surface area contributed by atoms with Crippen LogP contribution >= 0.6 is 0 Å². The number of nitrogens with one attached hydrogen (secondary N) is 2. The largest absolute Gasteiger partial charge is 0.386 e. The molecule has 0 atom stereocenters. The normalized spacial score (nSPS) is 10.8. The van der Waals surface area contributed by atoms with Crippen LogP contribution in [-0.2, 0) is 0 Å². The lowest BCUT2D eigenvalue weighted by atomic mass is 10.1. The average Bonchev–Trinajstić information content (AvgIpc) is 2.55. The second kappa shape index (κ2) is 5.72. The Morgan fingerprint density at radius 2 is 1.61 bits per heavy atom. The molecule has 0 fully saturated rings. The van der Waals surface area contributed by atoms with E-state index in [1.54, 1.807) is 44.6 Å². The Balaban J connectivity index is 2.21. The number of halogens is 2. The number of benzene rings is 2. The topological polar surface area (TPSA) is 46.1 Å². The van der Waals surface area contributed by atoms with Crippen molar-refractivity contribution in [3.63, 3.8) is 0 Å². The van der Waals surface area contributed by atoms with Crippen LogP contribution in [0.5, 0.6) is 0 Å². The first-order valence-electron chi connectivity index (χ1n) is 7.05. The average molecular weight is 315 g/mol. The van der Waals surface area contributed by atoms with E-state index in [1.165, 1.54) is 16.7 Å². The molecule has 2 aromatic carbocycles. The van der Waals surface area contributed by atoms with Crippen molar-refractivity contribution in [2.24, 2.45) is 0 Å². The molecule has 0 saturated carbocycles. The molecule has 1 heterocycles. The third-order valence-corrected chi connectivity index (χ3v) is 3.76. The molecule has 3 aromatic rings. The van der Waals surface area contributed by atoms with E-state index in [2.05, 4.69) is 10.6 Å². The van der Waals surface area contributed by atoms with E-state index >= 15 is 0 Å². The fraction of sp³-hybridized carbons (Fsp3) is 0.118. The van der Waals surface area contributed by atoms with Crippen molar-refractivity contribution < 1.29 is 8.78 Å². The van der Waals surface area contributed by atoms with Crippen LogP contribution < -0.4 is 16.2 Å². The number of fused-ring (bicyclic) bond motifs is 1. The van der Waals surface area contributed by atoms with E-state index in [4.69, 9.17) is 0 Å². The number of pyridine rings is 1. The highest BCUT2D eigenvalue weighted by molar-refractivity contribution is 5.85. The Hall–Kier alpha value is -2.89. The molecule has 0 saturated heterocycles. The van der Waals surface area contributed by atoms with Gasteiger partial charge in [0.15, 0.2) is 0 Å². The van der Waals surface area contributed by atoms with Gasteiger partial charge in [-0.1, -0.05) is 0 Å². The highest BCUT2D eigenvalue weighted by atomic mass is 19.1. The molecule has 0 aliphatic carbocycles. The first kappa shape index (κ1) is 15.0. The van der Waals surface area contributed by atoms with Crippen LogP contribution in [0.1, 0.15) is 0 Å². The van der Waals surface area contributed by atoms with Crippen LogP contribution in [0.25, 0.3) is 16.5 Å². The Bertz CT molecular complexity index is 950. The van der Waals surface area contributed by atoms with Gasteiger partial charge in [0.1, 0.15) is 11.6 Å². The third-order valence-electron chi connectivity index (χ3n) is 3.76. The molecule has 0 bridgehead atoms. The maximum atomic E-state index is 13.9. The fourth-order valence-corrected chi connectivity index (χ4v) is 2.52. The summed E-state index contributed by atoms with van der Waals surface area (Å²) in [6.45, 7) is 0. The van der Waals surface area contributed by atoms with Crippen molar-refractivity contribution in [3.8, 4) is 5.69 Å². The first-order valence-corrected chi connectivity index (χ1v) is 7.05. The zero-order chi connectivity index (χ0) is 16.6. The summed E-state index contributed by atoms with van der Waals surface area (Å²) in [7, 11) is 3.22. The lowest BCUT2D eigenvalue weighted by Gasteiger charge is -2.10. The van der Waals surface area contributed by atoms with Gasteiger partial charge in [-0.05, 0) is 35.7 Å². The maximum absolute atomic E-state index is 13.9.